The van der Waals surface area contributed by atoms with Gasteiger partial charge in [0.05, 0.1) is 19.8 Å². The molecule has 2 aromatic carbocycles. The lowest BCUT2D eigenvalue weighted by Crippen LogP contribution is -2.60. The second-order valence-corrected chi connectivity index (χ2v) is 7.48. The minimum atomic E-state index is -1.19. The van der Waals surface area contributed by atoms with Crippen LogP contribution in [0.5, 0.6) is 0 Å². The Morgan fingerprint density at radius 1 is 1.03 bits per heavy atom. The fraction of sp³-hybridized carbons (Fsp3) is 0.292. The van der Waals surface area contributed by atoms with Gasteiger partial charge in [-0.05, 0) is 62.4 Å². The van der Waals surface area contributed by atoms with E-state index < -0.39 is 17.4 Å². The molecular weight excluding hydrogens is 399 g/mol. The molecule has 6 nitrogen and oxygen atoms in total. The van der Waals surface area contributed by atoms with Crippen LogP contribution < -0.4 is 10.6 Å². The van der Waals surface area contributed by atoms with Crippen molar-refractivity contribution in [2.45, 2.75) is 25.2 Å². The normalized spacial score (nSPS) is 16.1. The third-order valence-electron chi connectivity index (χ3n) is 4.47. The number of anilines is 1. The lowest BCUT2D eigenvalue weighted by Gasteiger charge is -2.40. The van der Waals surface area contributed by atoms with Gasteiger partial charge in [-0.25, -0.2) is 9.18 Å². The van der Waals surface area contributed by atoms with Gasteiger partial charge in [-0.15, -0.1) is 0 Å². The number of benzene rings is 2. The Labute approximate surface area is 180 Å². The van der Waals surface area contributed by atoms with Crippen LogP contribution in [0.1, 0.15) is 25.0 Å². The minimum Gasteiger partial charge on any atom is -0.465 e. The smallest absolute Gasteiger partial charge is 0.406 e. The molecule has 0 saturated carbocycles. The van der Waals surface area contributed by atoms with Crippen molar-refractivity contribution in [3.05, 3.63) is 65.5 Å². The second-order valence-electron chi connectivity index (χ2n) is 7.48. The average molecular weight is 422 g/mol. The summed E-state index contributed by atoms with van der Waals surface area (Å²) in [7, 11) is 0. The van der Waals surface area contributed by atoms with Gasteiger partial charge in [0.2, 0.25) is 0 Å². The van der Waals surface area contributed by atoms with Crippen molar-refractivity contribution < 1.29 is 23.8 Å². The quantitative estimate of drug-likeness (QED) is 0.661. The number of carbonyl (C=O) groups is 1. The molecule has 3 rings (SSSR count). The highest BCUT2D eigenvalue weighted by atomic mass is 19.1. The molecule has 1 amide bonds. The van der Waals surface area contributed by atoms with Crippen molar-refractivity contribution in [2.24, 2.45) is 0 Å². The summed E-state index contributed by atoms with van der Waals surface area (Å²) in [5, 5.41) is 14.7. The van der Waals surface area contributed by atoms with Gasteiger partial charge in [-0.3, -0.25) is 0 Å². The van der Waals surface area contributed by atoms with Crippen molar-refractivity contribution in [3.8, 4) is 23.7 Å². The number of ether oxygens (including phenoxy) is 2. The van der Waals surface area contributed by atoms with Crippen LogP contribution in [-0.2, 0) is 9.47 Å². The first-order valence-corrected chi connectivity index (χ1v) is 9.66. The van der Waals surface area contributed by atoms with Crippen molar-refractivity contribution in [1.82, 2.24) is 5.32 Å². The predicted molar refractivity (Wildman–Crippen MR) is 115 cm³/mol. The lowest BCUT2D eigenvalue weighted by atomic mass is 10.0. The maximum absolute atomic E-state index is 12.9. The topological polar surface area (TPSA) is 79.8 Å². The zero-order valence-electron chi connectivity index (χ0n) is 17.3. The van der Waals surface area contributed by atoms with Gasteiger partial charge in [0.1, 0.15) is 5.82 Å². The predicted octanol–water partition coefficient (Wildman–Crippen LogP) is 3.43. The summed E-state index contributed by atoms with van der Waals surface area (Å²) >= 11 is 0. The Morgan fingerprint density at radius 3 is 2.19 bits per heavy atom. The number of hydrogen-bond donors (Lipinski definition) is 3. The Morgan fingerprint density at radius 2 is 1.61 bits per heavy atom. The van der Waals surface area contributed by atoms with E-state index in [1.165, 1.54) is 12.1 Å². The fourth-order valence-corrected chi connectivity index (χ4v) is 2.75. The molecule has 31 heavy (non-hydrogen) atoms. The van der Waals surface area contributed by atoms with Crippen molar-refractivity contribution in [3.63, 3.8) is 0 Å². The lowest BCUT2D eigenvalue weighted by molar-refractivity contribution is -0.262. The van der Waals surface area contributed by atoms with E-state index in [1.54, 1.807) is 26.0 Å². The summed E-state index contributed by atoms with van der Waals surface area (Å²) < 4.78 is 24.1. The first-order valence-electron chi connectivity index (χ1n) is 9.66. The monoisotopic (exact) mass is 422 g/mol. The molecule has 1 saturated heterocycles. The molecular formula is C24H23FN2O4. The SMILES string of the molecule is CC1(C)OCC(C#Cc2ccc(C#CCNc3ccc(F)cc3)cc2)(NC(=O)O)CO1. The number of rotatable bonds is 3. The summed E-state index contributed by atoms with van der Waals surface area (Å²) in [4.78, 5) is 11.2. The van der Waals surface area contributed by atoms with E-state index in [9.17, 15) is 9.18 Å². The molecule has 0 aromatic heterocycles. The zero-order chi connectivity index (χ0) is 22.3. The third kappa shape index (κ3) is 6.75. The summed E-state index contributed by atoms with van der Waals surface area (Å²) in [6.45, 7) is 4.13. The summed E-state index contributed by atoms with van der Waals surface area (Å²) in [5.74, 6) is 10.9. The van der Waals surface area contributed by atoms with Gasteiger partial charge >= 0.3 is 6.09 Å². The van der Waals surface area contributed by atoms with E-state index in [1.807, 2.05) is 24.3 Å². The maximum atomic E-state index is 12.9. The maximum Gasteiger partial charge on any atom is 0.406 e. The number of amides is 1. The molecule has 0 spiro atoms. The summed E-state index contributed by atoms with van der Waals surface area (Å²) in [6, 6.07) is 13.4. The van der Waals surface area contributed by atoms with E-state index in [0.29, 0.717) is 12.1 Å². The van der Waals surface area contributed by atoms with Crippen molar-refractivity contribution in [2.75, 3.05) is 25.1 Å². The van der Waals surface area contributed by atoms with Crippen molar-refractivity contribution in [1.29, 1.82) is 0 Å². The molecule has 1 aliphatic heterocycles. The standard InChI is InChI=1S/C24H23FN2O4/c1-23(2)30-16-24(17-31-23,27-22(28)29)14-13-19-7-5-18(6-8-19)4-3-15-26-21-11-9-20(25)10-12-21/h5-12,26-27H,15-17H2,1-2H3,(H,28,29). The second kappa shape index (κ2) is 9.53. The molecule has 0 bridgehead atoms. The van der Waals surface area contributed by atoms with E-state index in [0.717, 1.165) is 11.3 Å². The van der Waals surface area contributed by atoms with Gasteiger partial charge in [0.15, 0.2) is 11.3 Å². The zero-order valence-corrected chi connectivity index (χ0v) is 17.3. The Balaban J connectivity index is 1.62. The van der Waals surface area contributed by atoms with E-state index in [2.05, 4.69) is 34.3 Å². The third-order valence-corrected chi connectivity index (χ3v) is 4.47. The first-order chi connectivity index (χ1) is 14.8. The van der Waals surface area contributed by atoms with Crippen LogP contribution in [0, 0.1) is 29.5 Å². The van der Waals surface area contributed by atoms with Gasteiger partial charge in [-0.2, -0.15) is 0 Å². The summed E-state index contributed by atoms with van der Waals surface area (Å²) in [5.41, 5.74) is 1.19. The van der Waals surface area contributed by atoms with Crippen LogP contribution in [0.25, 0.3) is 0 Å². The largest absolute Gasteiger partial charge is 0.465 e. The Kier molecular flexibility index (Phi) is 6.81. The van der Waals surface area contributed by atoms with Crippen LogP contribution in [0.3, 0.4) is 0 Å². The van der Waals surface area contributed by atoms with E-state index in [-0.39, 0.29) is 19.0 Å². The molecule has 2 aromatic rings. The molecule has 7 heteroatoms. The average Bonchev–Trinajstić information content (AvgIpc) is 2.74. The van der Waals surface area contributed by atoms with Crippen LogP contribution in [0.4, 0.5) is 14.9 Å². The van der Waals surface area contributed by atoms with Gasteiger partial charge in [0.25, 0.3) is 0 Å². The van der Waals surface area contributed by atoms with Gasteiger partial charge in [0, 0.05) is 16.8 Å². The van der Waals surface area contributed by atoms with Crippen molar-refractivity contribution >= 4 is 11.8 Å². The Hall–Kier alpha value is -3.52. The number of nitrogens with one attached hydrogen (secondary N) is 2. The summed E-state index contributed by atoms with van der Waals surface area (Å²) in [6.07, 6.45) is -1.19. The highest BCUT2D eigenvalue weighted by Crippen LogP contribution is 2.23. The minimum absolute atomic E-state index is 0.0872. The molecule has 1 heterocycles. The number of halogens is 1. The molecule has 1 aliphatic rings. The number of hydrogen-bond acceptors (Lipinski definition) is 4. The molecule has 0 atom stereocenters. The molecule has 0 unspecified atom stereocenters. The highest BCUT2D eigenvalue weighted by Gasteiger charge is 2.40. The van der Waals surface area contributed by atoms with Crippen LogP contribution in [0.2, 0.25) is 0 Å². The molecule has 3 N–H and O–H groups in total. The number of carboxylic acid groups (broad SMARTS) is 1. The highest BCUT2D eigenvalue weighted by molar-refractivity contribution is 5.67. The molecule has 160 valence electrons. The van der Waals surface area contributed by atoms with Gasteiger partial charge < -0.3 is 25.2 Å². The van der Waals surface area contributed by atoms with E-state index in [4.69, 9.17) is 14.6 Å². The molecule has 1 fully saturated rings. The van der Waals surface area contributed by atoms with E-state index >= 15 is 0 Å². The molecule has 0 aliphatic carbocycles. The first kappa shape index (κ1) is 22.2. The van der Waals surface area contributed by atoms with Crippen LogP contribution in [0.15, 0.2) is 48.5 Å². The van der Waals surface area contributed by atoms with Crippen LogP contribution in [-0.4, -0.2) is 42.3 Å². The molecule has 0 radical (unpaired) electrons. The fourth-order valence-electron chi connectivity index (χ4n) is 2.75. The Bertz CT molecular complexity index is 1030. The van der Waals surface area contributed by atoms with Gasteiger partial charge in [-0.1, -0.05) is 23.7 Å². The van der Waals surface area contributed by atoms with Crippen LogP contribution >= 0.6 is 0 Å².